The van der Waals surface area contributed by atoms with Crippen LogP contribution in [0.1, 0.15) is 10.4 Å². The van der Waals surface area contributed by atoms with Gasteiger partial charge in [-0.3, -0.25) is 9.59 Å². The number of hydrogen-bond acceptors (Lipinski definition) is 5. The summed E-state index contributed by atoms with van der Waals surface area (Å²) in [7, 11) is 0. The fraction of sp³-hybridized carbons (Fsp3) is 0.0417. The largest absolute Gasteiger partial charge is 0.322 e. The van der Waals surface area contributed by atoms with Gasteiger partial charge in [0.2, 0.25) is 5.91 Å². The molecule has 4 rings (SSSR count). The van der Waals surface area contributed by atoms with E-state index in [1.54, 1.807) is 36.4 Å². The Morgan fingerprint density at radius 3 is 2.58 bits per heavy atom. The van der Waals surface area contributed by atoms with Crippen molar-refractivity contribution in [3.8, 4) is 11.3 Å². The van der Waals surface area contributed by atoms with E-state index in [1.807, 2.05) is 41.8 Å². The number of nitrogens with one attached hydrogen (secondary N) is 2. The zero-order valence-electron chi connectivity index (χ0n) is 17.0. The van der Waals surface area contributed by atoms with Crippen molar-refractivity contribution in [1.82, 2.24) is 4.98 Å². The van der Waals surface area contributed by atoms with Crippen molar-refractivity contribution in [1.29, 1.82) is 0 Å². The zero-order chi connectivity index (χ0) is 23.2. The third kappa shape index (κ3) is 6.36. The monoisotopic (exact) mass is 513 g/mol. The average Bonchev–Trinajstić information content (AvgIpc) is 3.26. The van der Waals surface area contributed by atoms with Crippen LogP contribution in [0.15, 0.2) is 83.1 Å². The van der Waals surface area contributed by atoms with Crippen LogP contribution in [0.3, 0.4) is 0 Å². The summed E-state index contributed by atoms with van der Waals surface area (Å²) < 4.78 is 0. The molecular weight excluding hydrogens is 497 g/mol. The van der Waals surface area contributed by atoms with Gasteiger partial charge in [-0.25, -0.2) is 4.98 Å². The molecule has 1 heterocycles. The maximum Gasteiger partial charge on any atom is 0.255 e. The third-order valence-electron chi connectivity index (χ3n) is 4.45. The number of carbonyl (C=O) groups excluding carboxylic acids is 2. The van der Waals surface area contributed by atoms with Crippen LogP contribution in [0.5, 0.6) is 0 Å². The number of thiazole rings is 1. The lowest BCUT2D eigenvalue weighted by molar-refractivity contribution is -0.113. The molecule has 166 valence electrons. The first-order valence-electron chi connectivity index (χ1n) is 9.78. The Morgan fingerprint density at radius 1 is 0.939 bits per heavy atom. The van der Waals surface area contributed by atoms with Crippen LogP contribution in [-0.2, 0) is 4.79 Å². The Morgan fingerprint density at radius 2 is 1.76 bits per heavy atom. The number of carbonyl (C=O) groups is 2. The molecule has 5 nitrogen and oxygen atoms in total. The number of benzene rings is 3. The highest BCUT2D eigenvalue weighted by Gasteiger charge is 2.11. The lowest BCUT2D eigenvalue weighted by Crippen LogP contribution is -2.14. The SMILES string of the molecule is O=C(CSc1cccc(NC(=O)c2cccc(Cl)c2)c1)Nc1nc(-c2ccccc2Cl)cs1. The Kier molecular flexibility index (Phi) is 7.67. The molecule has 3 aromatic carbocycles. The molecule has 0 aliphatic heterocycles. The summed E-state index contributed by atoms with van der Waals surface area (Å²) in [5.41, 5.74) is 2.65. The maximum absolute atomic E-state index is 12.4. The smallest absolute Gasteiger partial charge is 0.255 e. The minimum Gasteiger partial charge on any atom is -0.322 e. The first-order valence-corrected chi connectivity index (χ1v) is 12.4. The van der Waals surface area contributed by atoms with Gasteiger partial charge in [0.15, 0.2) is 5.13 Å². The van der Waals surface area contributed by atoms with Gasteiger partial charge >= 0.3 is 0 Å². The molecule has 0 aliphatic carbocycles. The predicted molar refractivity (Wildman–Crippen MR) is 138 cm³/mol. The Bertz CT molecular complexity index is 1310. The van der Waals surface area contributed by atoms with Gasteiger partial charge in [-0.05, 0) is 42.5 Å². The molecule has 33 heavy (non-hydrogen) atoms. The number of thioether (sulfide) groups is 1. The molecular formula is C24H17Cl2N3O2S2. The van der Waals surface area contributed by atoms with Crippen LogP contribution in [-0.4, -0.2) is 22.6 Å². The number of hydrogen-bond donors (Lipinski definition) is 2. The number of anilines is 2. The highest BCUT2D eigenvalue weighted by molar-refractivity contribution is 8.00. The third-order valence-corrected chi connectivity index (χ3v) is 6.77. The van der Waals surface area contributed by atoms with Gasteiger partial charge in [0, 0.05) is 37.1 Å². The van der Waals surface area contributed by atoms with Crippen LogP contribution >= 0.6 is 46.3 Å². The molecule has 0 saturated carbocycles. The summed E-state index contributed by atoms with van der Waals surface area (Å²) in [6.07, 6.45) is 0. The average molecular weight is 514 g/mol. The standard InChI is InChI=1S/C24H17Cl2N3O2S2/c25-16-6-3-5-15(11-16)23(31)27-17-7-4-8-18(12-17)32-14-22(30)29-24-28-21(13-33-24)19-9-1-2-10-20(19)26/h1-13H,14H2,(H,27,31)(H,28,29,30). The van der Waals surface area contributed by atoms with Gasteiger partial charge in [-0.1, -0.05) is 53.5 Å². The van der Waals surface area contributed by atoms with E-state index in [0.29, 0.717) is 26.4 Å². The second kappa shape index (κ2) is 10.9. The molecule has 0 radical (unpaired) electrons. The van der Waals surface area contributed by atoms with Crippen LogP contribution in [0.4, 0.5) is 10.8 Å². The maximum atomic E-state index is 12.4. The molecule has 0 saturated heterocycles. The van der Waals surface area contributed by atoms with Crippen LogP contribution < -0.4 is 10.6 Å². The van der Waals surface area contributed by atoms with Crippen molar-refractivity contribution in [3.63, 3.8) is 0 Å². The number of halogens is 2. The van der Waals surface area contributed by atoms with E-state index in [-0.39, 0.29) is 17.6 Å². The van der Waals surface area contributed by atoms with Crippen LogP contribution in [0.25, 0.3) is 11.3 Å². The molecule has 9 heteroatoms. The summed E-state index contributed by atoms with van der Waals surface area (Å²) in [4.78, 5) is 30.1. The second-order valence-corrected chi connectivity index (χ2v) is 9.60. The molecule has 2 N–H and O–H groups in total. The molecule has 0 aliphatic rings. The quantitative estimate of drug-likeness (QED) is 0.258. The van der Waals surface area contributed by atoms with E-state index in [1.165, 1.54) is 23.1 Å². The van der Waals surface area contributed by atoms with Crippen molar-refractivity contribution in [2.75, 3.05) is 16.4 Å². The normalized spacial score (nSPS) is 10.6. The molecule has 0 bridgehead atoms. The number of amides is 2. The molecule has 0 atom stereocenters. The number of aromatic nitrogens is 1. The number of rotatable bonds is 7. The zero-order valence-corrected chi connectivity index (χ0v) is 20.2. The topological polar surface area (TPSA) is 71.1 Å². The summed E-state index contributed by atoms with van der Waals surface area (Å²) in [5.74, 6) is -0.226. The minimum atomic E-state index is -0.254. The molecule has 0 unspecified atom stereocenters. The van der Waals surface area contributed by atoms with E-state index in [9.17, 15) is 9.59 Å². The fourth-order valence-corrected chi connectivity index (χ4v) is 4.83. The Balaban J connectivity index is 1.33. The van der Waals surface area contributed by atoms with Gasteiger partial charge < -0.3 is 10.6 Å². The van der Waals surface area contributed by atoms with Gasteiger partial charge in [0.25, 0.3) is 5.91 Å². The van der Waals surface area contributed by atoms with E-state index >= 15 is 0 Å². The summed E-state index contributed by atoms with van der Waals surface area (Å²) in [6.45, 7) is 0. The Hall–Kier alpha value is -2.84. The molecule has 4 aromatic rings. The van der Waals surface area contributed by atoms with Gasteiger partial charge in [0.05, 0.1) is 11.4 Å². The summed E-state index contributed by atoms with van der Waals surface area (Å²) in [5, 5.41) is 9.14. The summed E-state index contributed by atoms with van der Waals surface area (Å²) >= 11 is 14.9. The first kappa shape index (κ1) is 23.3. The van der Waals surface area contributed by atoms with E-state index in [2.05, 4.69) is 15.6 Å². The lowest BCUT2D eigenvalue weighted by atomic mass is 10.2. The van der Waals surface area contributed by atoms with E-state index in [0.717, 1.165) is 16.2 Å². The molecule has 1 aromatic heterocycles. The predicted octanol–water partition coefficient (Wildman–Crippen LogP) is 7.10. The lowest BCUT2D eigenvalue weighted by Gasteiger charge is -2.08. The van der Waals surface area contributed by atoms with Crippen molar-refractivity contribution in [2.45, 2.75) is 4.90 Å². The van der Waals surface area contributed by atoms with Gasteiger partial charge in [0.1, 0.15) is 0 Å². The van der Waals surface area contributed by atoms with E-state index in [4.69, 9.17) is 23.2 Å². The van der Waals surface area contributed by atoms with Gasteiger partial charge in [-0.2, -0.15) is 0 Å². The summed E-state index contributed by atoms with van der Waals surface area (Å²) in [6, 6.07) is 21.5. The van der Waals surface area contributed by atoms with Crippen LogP contribution in [0.2, 0.25) is 10.0 Å². The second-order valence-electron chi connectivity index (χ2n) is 6.85. The highest BCUT2D eigenvalue weighted by atomic mass is 35.5. The van der Waals surface area contributed by atoms with Crippen molar-refractivity contribution >= 4 is 68.9 Å². The van der Waals surface area contributed by atoms with Crippen molar-refractivity contribution in [3.05, 3.63) is 93.8 Å². The Labute approximate surface area is 209 Å². The molecule has 2 amide bonds. The van der Waals surface area contributed by atoms with Crippen LogP contribution in [0, 0.1) is 0 Å². The van der Waals surface area contributed by atoms with E-state index < -0.39 is 0 Å². The first-order chi connectivity index (χ1) is 16.0. The molecule has 0 fully saturated rings. The molecule has 0 spiro atoms. The fourth-order valence-electron chi connectivity index (χ4n) is 2.92. The van der Waals surface area contributed by atoms with Crippen molar-refractivity contribution in [2.24, 2.45) is 0 Å². The van der Waals surface area contributed by atoms with Crippen molar-refractivity contribution < 1.29 is 9.59 Å². The highest BCUT2D eigenvalue weighted by Crippen LogP contribution is 2.30. The minimum absolute atomic E-state index is 0.173. The number of nitrogens with zero attached hydrogens (tertiary/aromatic N) is 1. The van der Waals surface area contributed by atoms with Gasteiger partial charge in [-0.15, -0.1) is 23.1 Å².